The van der Waals surface area contributed by atoms with E-state index >= 15 is 0 Å². The van der Waals surface area contributed by atoms with Crippen LogP contribution in [0.5, 0.6) is 11.5 Å². The van der Waals surface area contributed by atoms with Gasteiger partial charge in [-0.05, 0) is 48.0 Å². The van der Waals surface area contributed by atoms with E-state index in [1.807, 2.05) is 12.1 Å². The summed E-state index contributed by atoms with van der Waals surface area (Å²) in [6, 6.07) is 24.1. The molecule has 2 aromatic heterocycles. The first-order valence-electron chi connectivity index (χ1n) is 11.9. The van der Waals surface area contributed by atoms with Crippen LogP contribution < -0.4 is 26.0 Å². The average Bonchev–Trinajstić information content (AvgIpc) is 2.93. The number of ether oxygens (including phenoxy) is 2. The number of amides is 1. The van der Waals surface area contributed by atoms with E-state index in [0.29, 0.717) is 56.0 Å². The molecule has 8 nitrogen and oxygen atoms in total. The second-order valence-electron chi connectivity index (χ2n) is 8.81. The maximum atomic E-state index is 13.2. The zero-order chi connectivity index (χ0) is 26.2. The Labute approximate surface area is 216 Å². The van der Waals surface area contributed by atoms with Gasteiger partial charge in [-0.25, -0.2) is 9.59 Å². The number of methoxy groups -OCH3 is 1. The molecule has 6 rings (SSSR count). The van der Waals surface area contributed by atoms with Crippen molar-refractivity contribution in [3.05, 3.63) is 128 Å². The standard InChI is InChI=1S/C30H21NO7/c1-35-20-11-12-21-18(15-26(32)36-25(21)16-20)13-19-14-23-27(38-30(19)34)22-9-5-6-10-24(22)37-29(23)31-28(33)17-7-3-2-4-8-17/h2-12,14-16,29H,13H2,1H3,(H,31,33). The number of hydrogen-bond acceptors (Lipinski definition) is 7. The molecule has 1 aliphatic rings. The summed E-state index contributed by atoms with van der Waals surface area (Å²) >= 11 is 0. The summed E-state index contributed by atoms with van der Waals surface area (Å²) in [4.78, 5) is 38.4. The van der Waals surface area contributed by atoms with Gasteiger partial charge in [-0.3, -0.25) is 4.79 Å². The quantitative estimate of drug-likeness (QED) is 0.339. The van der Waals surface area contributed by atoms with Crippen LogP contribution in [0, 0.1) is 0 Å². The van der Waals surface area contributed by atoms with E-state index in [1.54, 1.807) is 66.7 Å². The van der Waals surface area contributed by atoms with Crippen molar-refractivity contribution in [1.29, 1.82) is 0 Å². The van der Waals surface area contributed by atoms with Crippen LogP contribution in [-0.2, 0) is 6.42 Å². The van der Waals surface area contributed by atoms with Gasteiger partial charge in [0.1, 0.15) is 17.1 Å². The highest BCUT2D eigenvalue weighted by atomic mass is 16.5. The Bertz CT molecular complexity index is 1800. The van der Waals surface area contributed by atoms with Crippen LogP contribution in [0.2, 0.25) is 0 Å². The van der Waals surface area contributed by atoms with Crippen molar-refractivity contribution in [3.8, 4) is 22.8 Å². The molecular formula is C30H21NO7. The number of para-hydroxylation sites is 1. The van der Waals surface area contributed by atoms with Gasteiger partial charge in [0.15, 0.2) is 5.76 Å². The maximum Gasteiger partial charge on any atom is 0.339 e. The van der Waals surface area contributed by atoms with E-state index < -0.39 is 17.5 Å². The first kappa shape index (κ1) is 23.3. The minimum absolute atomic E-state index is 0.102. The van der Waals surface area contributed by atoms with E-state index in [9.17, 15) is 14.4 Å². The third kappa shape index (κ3) is 4.22. The summed E-state index contributed by atoms with van der Waals surface area (Å²) in [6.07, 6.45) is -0.803. The Morgan fingerprint density at radius 3 is 2.50 bits per heavy atom. The minimum atomic E-state index is -0.905. The molecular weight excluding hydrogens is 486 g/mol. The zero-order valence-electron chi connectivity index (χ0n) is 20.2. The van der Waals surface area contributed by atoms with Gasteiger partial charge in [-0.1, -0.05) is 30.3 Å². The zero-order valence-corrected chi connectivity index (χ0v) is 20.2. The summed E-state index contributed by atoms with van der Waals surface area (Å²) in [5, 5.41) is 3.56. The molecule has 1 amide bonds. The van der Waals surface area contributed by atoms with Crippen molar-refractivity contribution in [1.82, 2.24) is 5.32 Å². The van der Waals surface area contributed by atoms with Crippen molar-refractivity contribution in [2.24, 2.45) is 0 Å². The molecule has 1 N–H and O–H groups in total. The van der Waals surface area contributed by atoms with Crippen LogP contribution in [0.1, 0.15) is 33.3 Å². The molecule has 0 fully saturated rings. The number of rotatable bonds is 5. The molecule has 1 unspecified atom stereocenters. The highest BCUT2D eigenvalue weighted by molar-refractivity contribution is 5.94. The van der Waals surface area contributed by atoms with Crippen molar-refractivity contribution >= 4 is 16.9 Å². The molecule has 0 saturated heterocycles. The molecule has 3 aromatic carbocycles. The van der Waals surface area contributed by atoms with Crippen molar-refractivity contribution in [2.45, 2.75) is 12.6 Å². The van der Waals surface area contributed by atoms with E-state index in [2.05, 4.69) is 5.32 Å². The van der Waals surface area contributed by atoms with Crippen molar-refractivity contribution in [2.75, 3.05) is 7.11 Å². The van der Waals surface area contributed by atoms with Crippen LogP contribution in [0.15, 0.2) is 103 Å². The first-order chi connectivity index (χ1) is 18.5. The van der Waals surface area contributed by atoms with Gasteiger partial charge in [0.2, 0.25) is 6.23 Å². The molecule has 0 spiro atoms. The van der Waals surface area contributed by atoms with Gasteiger partial charge in [0, 0.05) is 35.1 Å². The van der Waals surface area contributed by atoms with Crippen LogP contribution in [0.25, 0.3) is 22.3 Å². The Kier molecular flexibility index (Phi) is 5.76. The summed E-state index contributed by atoms with van der Waals surface area (Å²) in [5.74, 6) is 1.00. The number of benzene rings is 3. The second-order valence-corrected chi connectivity index (χ2v) is 8.81. The molecule has 188 valence electrons. The van der Waals surface area contributed by atoms with Crippen LogP contribution in [0.4, 0.5) is 0 Å². The lowest BCUT2D eigenvalue weighted by Gasteiger charge is -2.28. The number of hydrogen-bond donors (Lipinski definition) is 1. The summed E-state index contributed by atoms with van der Waals surface area (Å²) in [7, 11) is 1.52. The number of carbonyl (C=O) groups excluding carboxylic acids is 1. The number of nitrogens with one attached hydrogen (secondary N) is 1. The smallest absolute Gasteiger partial charge is 0.339 e. The molecule has 8 heteroatoms. The van der Waals surface area contributed by atoms with Crippen LogP contribution >= 0.6 is 0 Å². The van der Waals surface area contributed by atoms with Gasteiger partial charge in [-0.15, -0.1) is 0 Å². The minimum Gasteiger partial charge on any atom is -0.497 e. The van der Waals surface area contributed by atoms with Crippen LogP contribution in [-0.4, -0.2) is 13.0 Å². The Morgan fingerprint density at radius 2 is 1.68 bits per heavy atom. The fourth-order valence-corrected chi connectivity index (χ4v) is 4.59. The van der Waals surface area contributed by atoms with Gasteiger partial charge >= 0.3 is 11.3 Å². The summed E-state index contributed by atoms with van der Waals surface area (Å²) in [6.45, 7) is 0. The summed E-state index contributed by atoms with van der Waals surface area (Å²) in [5.41, 5.74) is 1.70. The molecule has 0 aliphatic carbocycles. The van der Waals surface area contributed by atoms with Gasteiger partial charge in [0.05, 0.1) is 18.2 Å². The van der Waals surface area contributed by atoms with Crippen LogP contribution in [0.3, 0.4) is 0 Å². The third-order valence-electron chi connectivity index (χ3n) is 6.42. The SMILES string of the molecule is COc1ccc2c(Cc3cc4c(oc3=O)-c3ccccc3OC4NC(=O)c3ccccc3)cc(=O)oc2c1. The third-order valence-corrected chi connectivity index (χ3v) is 6.42. The lowest BCUT2D eigenvalue weighted by molar-refractivity contribution is 0.0819. The van der Waals surface area contributed by atoms with Crippen molar-refractivity contribution < 1.29 is 23.1 Å². The van der Waals surface area contributed by atoms with E-state index in [1.165, 1.54) is 13.2 Å². The van der Waals surface area contributed by atoms with Crippen molar-refractivity contribution in [3.63, 3.8) is 0 Å². The summed E-state index contributed by atoms with van der Waals surface area (Å²) < 4.78 is 22.5. The lowest BCUT2D eigenvalue weighted by Crippen LogP contribution is -2.34. The Hall–Kier alpha value is -5.11. The topological polar surface area (TPSA) is 108 Å². The Morgan fingerprint density at radius 1 is 0.895 bits per heavy atom. The van der Waals surface area contributed by atoms with E-state index in [0.717, 1.165) is 0 Å². The second kappa shape index (κ2) is 9.40. The highest BCUT2D eigenvalue weighted by Gasteiger charge is 2.31. The van der Waals surface area contributed by atoms with Gasteiger partial charge < -0.3 is 23.6 Å². The monoisotopic (exact) mass is 507 g/mol. The normalized spacial score (nSPS) is 13.8. The predicted molar refractivity (Wildman–Crippen MR) is 140 cm³/mol. The molecule has 38 heavy (non-hydrogen) atoms. The maximum absolute atomic E-state index is 13.2. The molecule has 1 aliphatic heterocycles. The van der Waals surface area contributed by atoms with Gasteiger partial charge in [0.25, 0.3) is 5.91 Å². The molecule has 1 atom stereocenters. The van der Waals surface area contributed by atoms with E-state index in [-0.39, 0.29) is 12.3 Å². The lowest BCUT2D eigenvalue weighted by atomic mass is 9.97. The fraction of sp³-hybridized carbons (Fsp3) is 0.100. The number of carbonyl (C=O) groups is 1. The molecule has 0 radical (unpaired) electrons. The molecule has 5 aromatic rings. The molecule has 0 bridgehead atoms. The molecule has 3 heterocycles. The average molecular weight is 507 g/mol. The van der Waals surface area contributed by atoms with Gasteiger partial charge in [-0.2, -0.15) is 0 Å². The van der Waals surface area contributed by atoms with E-state index in [4.69, 9.17) is 18.3 Å². The number of fused-ring (bicyclic) bond motifs is 4. The first-order valence-corrected chi connectivity index (χ1v) is 11.9. The predicted octanol–water partition coefficient (Wildman–Crippen LogP) is 4.83. The highest BCUT2D eigenvalue weighted by Crippen LogP contribution is 2.41. The Balaban J connectivity index is 1.44. The largest absolute Gasteiger partial charge is 0.497 e. The fourth-order valence-electron chi connectivity index (χ4n) is 4.59. The molecule has 0 saturated carbocycles.